The summed E-state index contributed by atoms with van der Waals surface area (Å²) in [6, 6.07) is 1.56. The third-order valence-corrected chi connectivity index (χ3v) is 5.81. The molecule has 0 radical (unpaired) electrons. The van der Waals surface area contributed by atoms with Crippen LogP contribution >= 0.6 is 27.3 Å². The van der Waals surface area contributed by atoms with Gasteiger partial charge in [0.1, 0.15) is 4.21 Å². The molecule has 1 rings (SSSR count). The van der Waals surface area contributed by atoms with E-state index in [2.05, 4.69) is 26.0 Å². The van der Waals surface area contributed by atoms with Gasteiger partial charge in [0.15, 0.2) is 0 Å². The maximum absolute atomic E-state index is 11.7. The van der Waals surface area contributed by atoms with E-state index in [-0.39, 0.29) is 16.7 Å². The zero-order chi connectivity index (χ0) is 12.3. The highest BCUT2D eigenvalue weighted by atomic mass is 79.9. The number of hydrogen-bond donors (Lipinski definition) is 2. The van der Waals surface area contributed by atoms with Gasteiger partial charge in [0.25, 0.3) is 10.0 Å². The summed E-state index contributed by atoms with van der Waals surface area (Å²) < 4.78 is 26.6. The van der Waals surface area contributed by atoms with Crippen LogP contribution in [0.5, 0.6) is 0 Å². The van der Waals surface area contributed by atoms with Crippen molar-refractivity contribution in [1.29, 1.82) is 0 Å². The van der Waals surface area contributed by atoms with Crippen molar-refractivity contribution in [2.24, 2.45) is 0 Å². The summed E-state index contributed by atoms with van der Waals surface area (Å²) >= 11 is 4.36. The number of halogens is 1. The van der Waals surface area contributed by atoms with E-state index in [1.165, 1.54) is 7.05 Å². The van der Waals surface area contributed by atoms with Crippen LogP contribution < -0.4 is 10.0 Å². The minimum Gasteiger partial charge on any atom is -0.358 e. The van der Waals surface area contributed by atoms with Crippen molar-refractivity contribution in [3.8, 4) is 0 Å². The molecule has 0 atom stereocenters. The second-order valence-electron chi connectivity index (χ2n) is 3.02. The highest BCUT2D eigenvalue weighted by Gasteiger charge is 2.18. The molecule has 16 heavy (non-hydrogen) atoms. The van der Waals surface area contributed by atoms with Gasteiger partial charge in [-0.2, -0.15) is 0 Å². The number of amides is 1. The van der Waals surface area contributed by atoms with Crippen molar-refractivity contribution in [2.75, 3.05) is 13.6 Å². The fraction of sp³-hybridized carbons (Fsp3) is 0.375. The number of nitrogens with one attached hydrogen (secondary N) is 2. The molecule has 1 amide bonds. The van der Waals surface area contributed by atoms with Gasteiger partial charge in [-0.05, 0) is 34.5 Å². The molecule has 0 unspecified atom stereocenters. The van der Waals surface area contributed by atoms with Gasteiger partial charge in [0.2, 0.25) is 5.91 Å². The molecule has 1 heterocycles. The molecule has 1 aromatic heterocycles. The SMILES string of the molecule is CNC(=O)CNS(=O)(=O)c1cc(C)c(Br)s1. The highest BCUT2D eigenvalue weighted by Crippen LogP contribution is 2.30. The molecule has 90 valence electrons. The van der Waals surface area contributed by atoms with Crippen LogP contribution in [-0.2, 0) is 14.8 Å². The van der Waals surface area contributed by atoms with Gasteiger partial charge in [0.05, 0.1) is 10.3 Å². The van der Waals surface area contributed by atoms with Gasteiger partial charge in [-0.15, -0.1) is 11.3 Å². The minimum absolute atomic E-state index is 0.195. The van der Waals surface area contributed by atoms with Crippen LogP contribution in [0.15, 0.2) is 14.1 Å². The van der Waals surface area contributed by atoms with E-state index in [1.807, 2.05) is 0 Å². The standard InChI is InChI=1S/C8H11BrN2O3S2/c1-5-3-7(15-8(5)9)16(13,14)11-4-6(12)10-2/h3,11H,4H2,1-2H3,(H,10,12). The first-order valence-corrected chi connectivity index (χ1v) is 7.42. The minimum atomic E-state index is -3.59. The number of aryl methyl sites for hydroxylation is 1. The molecule has 5 nitrogen and oxygen atoms in total. The molecule has 1 aromatic rings. The lowest BCUT2D eigenvalue weighted by atomic mass is 10.4. The fourth-order valence-electron chi connectivity index (χ4n) is 0.884. The second kappa shape index (κ2) is 5.26. The van der Waals surface area contributed by atoms with E-state index in [4.69, 9.17) is 0 Å². The topological polar surface area (TPSA) is 75.3 Å². The molecule has 0 bridgehead atoms. The number of hydrogen-bond acceptors (Lipinski definition) is 4. The molecule has 0 fully saturated rings. The Balaban J connectivity index is 2.82. The van der Waals surface area contributed by atoms with Gasteiger partial charge in [0, 0.05) is 7.05 Å². The fourth-order valence-corrected chi connectivity index (χ4v) is 4.14. The quantitative estimate of drug-likeness (QED) is 0.861. The normalized spacial score (nSPS) is 11.4. The van der Waals surface area contributed by atoms with Crippen molar-refractivity contribution in [3.63, 3.8) is 0 Å². The van der Waals surface area contributed by atoms with E-state index in [1.54, 1.807) is 13.0 Å². The summed E-state index contributed by atoms with van der Waals surface area (Å²) in [5, 5.41) is 2.33. The molecule has 0 spiro atoms. The average molecular weight is 327 g/mol. The average Bonchev–Trinajstić information content (AvgIpc) is 2.56. The van der Waals surface area contributed by atoms with E-state index in [0.717, 1.165) is 20.7 Å². The Morgan fingerprint density at radius 2 is 2.19 bits per heavy atom. The summed E-state index contributed by atoms with van der Waals surface area (Å²) in [4.78, 5) is 10.9. The smallest absolute Gasteiger partial charge is 0.250 e. The van der Waals surface area contributed by atoms with Crippen LogP contribution in [0.25, 0.3) is 0 Å². The van der Waals surface area contributed by atoms with Gasteiger partial charge in [-0.3, -0.25) is 4.79 Å². The molecule has 2 N–H and O–H groups in total. The van der Waals surface area contributed by atoms with Gasteiger partial charge in [-0.1, -0.05) is 0 Å². The van der Waals surface area contributed by atoms with E-state index >= 15 is 0 Å². The number of carbonyl (C=O) groups excluding carboxylic acids is 1. The van der Waals surface area contributed by atoms with Crippen molar-refractivity contribution in [3.05, 3.63) is 15.4 Å². The molecule has 0 aliphatic rings. The number of carbonyl (C=O) groups is 1. The predicted molar refractivity (Wildman–Crippen MR) is 66.0 cm³/mol. The number of sulfonamides is 1. The first-order chi connectivity index (χ1) is 7.36. The third kappa shape index (κ3) is 3.27. The maximum atomic E-state index is 11.7. The zero-order valence-electron chi connectivity index (χ0n) is 8.70. The van der Waals surface area contributed by atoms with Crippen LogP contribution in [0.1, 0.15) is 5.56 Å². The lowest BCUT2D eigenvalue weighted by molar-refractivity contribution is -0.119. The Hall–Kier alpha value is -0.440. The largest absolute Gasteiger partial charge is 0.358 e. The molecule has 0 aliphatic heterocycles. The van der Waals surface area contributed by atoms with E-state index in [9.17, 15) is 13.2 Å². The monoisotopic (exact) mass is 326 g/mol. The Morgan fingerprint density at radius 3 is 2.62 bits per heavy atom. The Bertz CT molecular complexity index is 476. The summed E-state index contributed by atoms with van der Waals surface area (Å²) in [7, 11) is -2.14. The third-order valence-electron chi connectivity index (χ3n) is 1.80. The van der Waals surface area contributed by atoms with Crippen LogP contribution in [-0.4, -0.2) is 27.9 Å². The van der Waals surface area contributed by atoms with Gasteiger partial charge < -0.3 is 5.32 Å². The number of rotatable bonds is 4. The lowest BCUT2D eigenvalue weighted by Crippen LogP contribution is -2.34. The molecule has 0 saturated carbocycles. The molecule has 0 aliphatic carbocycles. The Kier molecular flexibility index (Phi) is 4.48. The molecular formula is C8H11BrN2O3S2. The highest BCUT2D eigenvalue weighted by molar-refractivity contribution is 9.11. The summed E-state index contributed by atoms with van der Waals surface area (Å²) in [6.45, 7) is 1.55. The van der Waals surface area contributed by atoms with E-state index < -0.39 is 10.0 Å². The van der Waals surface area contributed by atoms with E-state index in [0.29, 0.717) is 0 Å². The van der Waals surface area contributed by atoms with Crippen LogP contribution in [0, 0.1) is 6.92 Å². The van der Waals surface area contributed by atoms with Crippen LogP contribution in [0.3, 0.4) is 0 Å². The van der Waals surface area contributed by atoms with Crippen LogP contribution in [0.4, 0.5) is 0 Å². The van der Waals surface area contributed by atoms with Crippen molar-refractivity contribution in [1.82, 2.24) is 10.0 Å². The van der Waals surface area contributed by atoms with Gasteiger partial charge >= 0.3 is 0 Å². The number of likely N-dealkylation sites (N-methyl/N-ethyl adjacent to an activating group) is 1. The molecular weight excluding hydrogens is 316 g/mol. The molecule has 8 heteroatoms. The maximum Gasteiger partial charge on any atom is 0.250 e. The van der Waals surface area contributed by atoms with Crippen molar-refractivity contribution in [2.45, 2.75) is 11.1 Å². The first kappa shape index (κ1) is 13.6. The van der Waals surface area contributed by atoms with Crippen molar-refractivity contribution < 1.29 is 13.2 Å². The molecule has 0 saturated heterocycles. The zero-order valence-corrected chi connectivity index (χ0v) is 11.9. The summed E-state index contributed by atoms with van der Waals surface area (Å²) in [5.41, 5.74) is 0.852. The summed E-state index contributed by atoms with van der Waals surface area (Å²) in [6.07, 6.45) is 0. The number of thiophene rings is 1. The van der Waals surface area contributed by atoms with Crippen molar-refractivity contribution >= 4 is 43.2 Å². The molecule has 0 aromatic carbocycles. The Morgan fingerprint density at radius 1 is 1.56 bits per heavy atom. The Labute approximate surface area is 106 Å². The predicted octanol–water partition coefficient (Wildman–Crippen LogP) is 0.843. The summed E-state index contributed by atoms with van der Waals surface area (Å²) in [5.74, 6) is -0.379. The first-order valence-electron chi connectivity index (χ1n) is 4.33. The second-order valence-corrected chi connectivity index (χ2v) is 7.38. The van der Waals surface area contributed by atoms with Crippen LogP contribution in [0.2, 0.25) is 0 Å². The van der Waals surface area contributed by atoms with Gasteiger partial charge in [-0.25, -0.2) is 13.1 Å². The lowest BCUT2D eigenvalue weighted by Gasteiger charge is -2.02.